The topological polar surface area (TPSA) is 48.1 Å². The van der Waals surface area contributed by atoms with Crippen LogP contribution in [0.25, 0.3) is 11.1 Å². The van der Waals surface area contributed by atoms with Crippen LogP contribution in [-0.2, 0) is 6.54 Å². The Bertz CT molecular complexity index is 583. The van der Waals surface area contributed by atoms with Gasteiger partial charge in [-0.2, -0.15) is 0 Å². The molecule has 0 aliphatic rings. The van der Waals surface area contributed by atoms with E-state index in [-0.39, 0.29) is 5.69 Å². The van der Waals surface area contributed by atoms with E-state index < -0.39 is 10.7 Å². The zero-order valence-electron chi connectivity index (χ0n) is 9.35. The van der Waals surface area contributed by atoms with Crippen molar-refractivity contribution in [2.45, 2.75) is 6.54 Å². The molecule has 0 aliphatic heterocycles. The predicted octanol–water partition coefficient (Wildman–Crippen LogP) is 3.60. The summed E-state index contributed by atoms with van der Waals surface area (Å²) in [7, 11) is 0. The van der Waals surface area contributed by atoms with Crippen LogP contribution in [0.5, 0.6) is 0 Å². The van der Waals surface area contributed by atoms with Crippen LogP contribution in [-0.4, -0.2) is 14.8 Å². The third-order valence-corrected chi connectivity index (χ3v) is 2.89. The van der Waals surface area contributed by atoms with Crippen LogP contribution in [0.2, 0.25) is 0 Å². The molecule has 0 unspecified atom stereocenters. The zero-order valence-corrected chi connectivity index (χ0v) is 10.9. The number of hydrogen-bond donors (Lipinski definition) is 0. The molecular formula is C12H10BrFN2O2. The number of rotatable bonds is 4. The molecule has 0 radical (unpaired) electrons. The molecule has 0 saturated carbocycles. The predicted molar refractivity (Wildman–Crippen MR) is 70.3 cm³/mol. The lowest BCUT2D eigenvalue weighted by atomic mass is 10.1. The second-order valence-corrected chi connectivity index (χ2v) is 4.54. The van der Waals surface area contributed by atoms with E-state index in [1.807, 2.05) is 0 Å². The number of aryl methyl sites for hydroxylation is 1. The van der Waals surface area contributed by atoms with E-state index in [2.05, 4.69) is 15.9 Å². The van der Waals surface area contributed by atoms with E-state index in [4.69, 9.17) is 0 Å². The van der Waals surface area contributed by atoms with Crippen LogP contribution in [0.15, 0.2) is 36.7 Å². The standard InChI is InChI=1S/C12H10BrFN2O2/c13-4-5-15-7-11(12(8-15)16(17)18)9-2-1-3-10(14)6-9/h1-3,6-8H,4-5H2. The first-order valence-corrected chi connectivity index (χ1v) is 6.40. The van der Waals surface area contributed by atoms with Gasteiger partial charge in [0.2, 0.25) is 0 Å². The molecule has 0 aliphatic carbocycles. The maximum absolute atomic E-state index is 13.2. The Hall–Kier alpha value is -1.69. The Morgan fingerprint density at radius 3 is 2.78 bits per heavy atom. The van der Waals surface area contributed by atoms with Gasteiger partial charge in [-0.25, -0.2) is 4.39 Å². The van der Waals surface area contributed by atoms with Crippen LogP contribution in [0, 0.1) is 15.9 Å². The molecule has 0 N–H and O–H groups in total. The lowest BCUT2D eigenvalue weighted by molar-refractivity contribution is -0.384. The van der Waals surface area contributed by atoms with E-state index in [0.29, 0.717) is 23.0 Å². The second-order valence-electron chi connectivity index (χ2n) is 3.75. The Morgan fingerprint density at radius 1 is 1.39 bits per heavy atom. The largest absolute Gasteiger partial charge is 0.347 e. The Kier molecular flexibility index (Phi) is 3.76. The van der Waals surface area contributed by atoms with Gasteiger partial charge >= 0.3 is 0 Å². The van der Waals surface area contributed by atoms with Gasteiger partial charge in [-0.05, 0) is 17.7 Å². The second kappa shape index (κ2) is 5.30. The molecule has 2 rings (SSSR count). The number of hydrogen-bond acceptors (Lipinski definition) is 2. The van der Waals surface area contributed by atoms with E-state index >= 15 is 0 Å². The van der Waals surface area contributed by atoms with Gasteiger partial charge in [-0.3, -0.25) is 10.1 Å². The van der Waals surface area contributed by atoms with Gasteiger partial charge in [0, 0.05) is 18.1 Å². The molecule has 2 aromatic rings. The Balaban J connectivity index is 2.51. The zero-order chi connectivity index (χ0) is 13.1. The summed E-state index contributed by atoms with van der Waals surface area (Å²) in [5, 5.41) is 11.7. The van der Waals surface area contributed by atoms with Gasteiger partial charge in [0.15, 0.2) is 0 Å². The fourth-order valence-corrected chi connectivity index (χ4v) is 2.16. The smallest absolute Gasteiger partial charge is 0.294 e. The van der Waals surface area contributed by atoms with Crippen molar-refractivity contribution in [3.05, 3.63) is 52.6 Å². The normalized spacial score (nSPS) is 10.6. The quantitative estimate of drug-likeness (QED) is 0.492. The van der Waals surface area contributed by atoms with Crippen LogP contribution in [0.4, 0.5) is 10.1 Å². The van der Waals surface area contributed by atoms with Crippen molar-refractivity contribution in [1.29, 1.82) is 0 Å². The number of nitrogens with zero attached hydrogens (tertiary/aromatic N) is 2. The summed E-state index contributed by atoms with van der Waals surface area (Å²) < 4.78 is 14.9. The summed E-state index contributed by atoms with van der Waals surface area (Å²) in [6.07, 6.45) is 3.12. The Morgan fingerprint density at radius 2 is 2.17 bits per heavy atom. The van der Waals surface area contributed by atoms with E-state index in [0.717, 1.165) is 0 Å². The molecule has 0 saturated heterocycles. The van der Waals surface area contributed by atoms with E-state index in [9.17, 15) is 14.5 Å². The van der Waals surface area contributed by atoms with Crippen molar-refractivity contribution < 1.29 is 9.31 Å². The minimum absolute atomic E-state index is 0.0125. The number of alkyl halides is 1. The van der Waals surface area contributed by atoms with Crippen LogP contribution < -0.4 is 0 Å². The van der Waals surface area contributed by atoms with Crippen LogP contribution >= 0.6 is 15.9 Å². The van der Waals surface area contributed by atoms with Gasteiger partial charge in [0.05, 0.1) is 16.7 Å². The number of nitro groups is 1. The molecule has 0 atom stereocenters. The summed E-state index contributed by atoms with van der Waals surface area (Å²) in [6, 6.07) is 5.80. The van der Waals surface area contributed by atoms with Crippen molar-refractivity contribution >= 4 is 21.6 Å². The molecule has 1 aromatic heterocycles. The number of benzene rings is 1. The lowest BCUT2D eigenvalue weighted by Crippen LogP contribution is -1.94. The highest BCUT2D eigenvalue weighted by atomic mass is 79.9. The van der Waals surface area contributed by atoms with Crippen molar-refractivity contribution in [2.24, 2.45) is 0 Å². The maximum Gasteiger partial charge on any atom is 0.294 e. The highest BCUT2D eigenvalue weighted by Gasteiger charge is 2.18. The van der Waals surface area contributed by atoms with Gasteiger partial charge in [0.1, 0.15) is 5.82 Å². The first kappa shape index (κ1) is 12.8. The molecule has 0 bridgehead atoms. The molecule has 0 fully saturated rings. The molecule has 0 amide bonds. The van der Waals surface area contributed by atoms with Gasteiger partial charge < -0.3 is 4.57 Å². The summed E-state index contributed by atoms with van der Waals surface area (Å²) >= 11 is 3.27. The minimum atomic E-state index is -0.453. The summed E-state index contributed by atoms with van der Waals surface area (Å²) in [5.74, 6) is -0.407. The fraction of sp³-hybridized carbons (Fsp3) is 0.167. The highest BCUT2D eigenvalue weighted by Crippen LogP contribution is 2.31. The molecule has 1 heterocycles. The van der Waals surface area contributed by atoms with Gasteiger partial charge in [-0.1, -0.05) is 28.1 Å². The number of aromatic nitrogens is 1. The average Bonchev–Trinajstić information content (AvgIpc) is 2.74. The first-order chi connectivity index (χ1) is 8.61. The molecular weight excluding hydrogens is 303 g/mol. The van der Waals surface area contributed by atoms with Crippen LogP contribution in [0.1, 0.15) is 0 Å². The molecule has 94 valence electrons. The molecule has 18 heavy (non-hydrogen) atoms. The number of halogens is 2. The van der Waals surface area contributed by atoms with Crippen molar-refractivity contribution in [2.75, 3.05) is 5.33 Å². The monoisotopic (exact) mass is 312 g/mol. The van der Waals surface area contributed by atoms with Gasteiger partial charge in [-0.15, -0.1) is 0 Å². The first-order valence-electron chi connectivity index (χ1n) is 5.28. The van der Waals surface area contributed by atoms with Crippen molar-refractivity contribution in [1.82, 2.24) is 4.57 Å². The van der Waals surface area contributed by atoms with Crippen molar-refractivity contribution in [3.8, 4) is 11.1 Å². The third-order valence-electron chi connectivity index (χ3n) is 2.53. The Labute approximate surface area is 111 Å². The average molecular weight is 313 g/mol. The summed E-state index contributed by atoms with van der Waals surface area (Å²) in [4.78, 5) is 10.5. The SMILES string of the molecule is O=[N+]([O-])c1cn(CCBr)cc1-c1cccc(F)c1. The molecule has 0 spiro atoms. The van der Waals surface area contributed by atoms with Crippen molar-refractivity contribution in [3.63, 3.8) is 0 Å². The summed E-state index contributed by atoms with van der Waals surface area (Å²) in [5.41, 5.74) is 0.928. The van der Waals surface area contributed by atoms with E-state index in [1.54, 1.807) is 16.8 Å². The maximum atomic E-state index is 13.2. The lowest BCUT2D eigenvalue weighted by Gasteiger charge is -1.98. The van der Waals surface area contributed by atoms with Gasteiger partial charge in [0.25, 0.3) is 5.69 Å². The van der Waals surface area contributed by atoms with Crippen LogP contribution in [0.3, 0.4) is 0 Å². The molecule has 6 heteroatoms. The third kappa shape index (κ3) is 2.59. The molecule has 1 aromatic carbocycles. The highest BCUT2D eigenvalue weighted by molar-refractivity contribution is 9.09. The minimum Gasteiger partial charge on any atom is -0.347 e. The molecule has 4 nitrogen and oxygen atoms in total. The summed E-state index contributed by atoms with van der Waals surface area (Å²) in [6.45, 7) is 0.621. The fourth-order valence-electron chi connectivity index (χ4n) is 1.75. The van der Waals surface area contributed by atoms with E-state index in [1.165, 1.54) is 24.4 Å².